The van der Waals surface area contributed by atoms with Crippen LogP contribution >= 0.6 is 11.8 Å². The van der Waals surface area contributed by atoms with Crippen molar-refractivity contribution >= 4 is 61.3 Å². The highest BCUT2D eigenvalue weighted by atomic mass is 32.2. The molecular formula is C39H30S. The van der Waals surface area contributed by atoms with Gasteiger partial charge in [0.2, 0.25) is 0 Å². The minimum Gasteiger partial charge on any atom is -0.120 e. The molecule has 0 N–H and O–H groups in total. The topological polar surface area (TPSA) is 0 Å². The Morgan fingerprint density at radius 2 is 1.45 bits per heavy atom. The predicted molar refractivity (Wildman–Crippen MR) is 178 cm³/mol. The van der Waals surface area contributed by atoms with Crippen LogP contribution < -0.4 is 0 Å². The number of hydrogen-bond acceptors (Lipinski definition) is 1. The summed E-state index contributed by atoms with van der Waals surface area (Å²) in [7, 11) is 0. The van der Waals surface area contributed by atoms with Crippen LogP contribution in [0.4, 0.5) is 0 Å². The first-order chi connectivity index (χ1) is 19.8. The standard InChI is InChI=1S/C39H30S/c1-2-27(13-6-7-14-28-16-12-22-37-31-17-5-3-4-15-30(31)26-40-39(28)37)29-23-24-36-34-20-9-8-18-32(34)33-19-10-11-21-35(33)38(36)25-29/h2-14,16-25H,15,26H2,1H3/b13-6-,14-7+,27-2+. The molecule has 0 radical (unpaired) electrons. The van der Waals surface area contributed by atoms with Crippen molar-refractivity contribution in [3.05, 3.63) is 156 Å². The maximum atomic E-state index is 2.36. The lowest BCUT2D eigenvalue weighted by Gasteiger charge is -2.22. The number of allylic oxidation sites excluding steroid dienone is 10. The van der Waals surface area contributed by atoms with E-state index in [9.17, 15) is 0 Å². The molecule has 5 aromatic rings. The van der Waals surface area contributed by atoms with E-state index < -0.39 is 0 Å². The van der Waals surface area contributed by atoms with E-state index in [1.54, 1.807) is 0 Å². The molecule has 5 aromatic carbocycles. The molecule has 1 heteroatoms. The Hall–Kier alpha value is -4.33. The zero-order valence-electron chi connectivity index (χ0n) is 22.6. The van der Waals surface area contributed by atoms with E-state index in [1.165, 1.54) is 70.6 Å². The first kappa shape index (κ1) is 24.7. The Morgan fingerprint density at radius 3 is 2.20 bits per heavy atom. The minimum absolute atomic E-state index is 1.05. The number of benzene rings is 5. The molecule has 192 valence electrons. The molecule has 1 aliphatic heterocycles. The van der Waals surface area contributed by atoms with Crippen LogP contribution in [-0.2, 0) is 0 Å². The van der Waals surface area contributed by atoms with Gasteiger partial charge in [-0.1, -0.05) is 134 Å². The van der Waals surface area contributed by atoms with Crippen LogP contribution in [0.3, 0.4) is 0 Å². The third-order valence-electron chi connectivity index (χ3n) is 8.03. The zero-order chi connectivity index (χ0) is 26.9. The third-order valence-corrected chi connectivity index (χ3v) is 9.27. The van der Waals surface area contributed by atoms with E-state index >= 15 is 0 Å². The lowest BCUT2D eigenvalue weighted by molar-refractivity contribution is 1.20. The Labute approximate surface area is 240 Å². The molecule has 0 saturated heterocycles. The predicted octanol–water partition coefficient (Wildman–Crippen LogP) is 11.2. The van der Waals surface area contributed by atoms with Gasteiger partial charge in [-0.05, 0) is 85.1 Å². The van der Waals surface area contributed by atoms with Crippen molar-refractivity contribution in [1.29, 1.82) is 0 Å². The summed E-state index contributed by atoms with van der Waals surface area (Å²) in [5.74, 6) is 1.06. The normalized spacial score (nSPS) is 15.5. The van der Waals surface area contributed by atoms with Gasteiger partial charge in [0, 0.05) is 10.6 Å². The van der Waals surface area contributed by atoms with Gasteiger partial charge in [-0.15, -0.1) is 11.8 Å². The van der Waals surface area contributed by atoms with Gasteiger partial charge < -0.3 is 0 Å². The molecule has 0 bridgehead atoms. The highest BCUT2D eigenvalue weighted by Crippen LogP contribution is 2.42. The number of hydrogen-bond donors (Lipinski definition) is 0. The van der Waals surface area contributed by atoms with Crippen molar-refractivity contribution in [2.75, 3.05) is 5.75 Å². The molecule has 0 unspecified atom stereocenters. The molecule has 1 heterocycles. The Morgan fingerprint density at radius 1 is 0.725 bits per heavy atom. The van der Waals surface area contributed by atoms with Crippen molar-refractivity contribution in [3.8, 4) is 0 Å². The quantitative estimate of drug-likeness (QED) is 0.164. The molecule has 0 aromatic heterocycles. The van der Waals surface area contributed by atoms with E-state index in [0.29, 0.717) is 0 Å². The average Bonchev–Trinajstić information content (AvgIpc) is 3.27. The maximum Gasteiger partial charge on any atom is 0.0226 e. The van der Waals surface area contributed by atoms with Crippen LogP contribution in [0.25, 0.3) is 49.5 Å². The van der Waals surface area contributed by atoms with Crippen molar-refractivity contribution < 1.29 is 0 Å². The van der Waals surface area contributed by atoms with Crippen LogP contribution in [0.2, 0.25) is 0 Å². The van der Waals surface area contributed by atoms with E-state index in [1.807, 2.05) is 11.8 Å². The Bertz CT molecular complexity index is 1940. The highest BCUT2D eigenvalue weighted by molar-refractivity contribution is 7.99. The third kappa shape index (κ3) is 4.37. The van der Waals surface area contributed by atoms with Crippen LogP contribution in [0, 0.1) is 0 Å². The number of thioether (sulfide) groups is 1. The van der Waals surface area contributed by atoms with Gasteiger partial charge in [-0.3, -0.25) is 0 Å². The summed E-state index contributed by atoms with van der Waals surface area (Å²) in [4.78, 5) is 1.39. The summed E-state index contributed by atoms with van der Waals surface area (Å²) in [6.45, 7) is 2.12. The molecule has 0 spiro atoms. The monoisotopic (exact) mass is 530 g/mol. The van der Waals surface area contributed by atoms with Gasteiger partial charge in [0.25, 0.3) is 0 Å². The van der Waals surface area contributed by atoms with Gasteiger partial charge in [-0.2, -0.15) is 0 Å². The molecule has 0 fully saturated rings. The highest BCUT2D eigenvalue weighted by Gasteiger charge is 2.19. The summed E-state index contributed by atoms with van der Waals surface area (Å²) >= 11 is 1.97. The van der Waals surface area contributed by atoms with E-state index in [4.69, 9.17) is 0 Å². The first-order valence-corrected chi connectivity index (χ1v) is 15.0. The van der Waals surface area contributed by atoms with E-state index in [2.05, 4.69) is 147 Å². The summed E-state index contributed by atoms with van der Waals surface area (Å²) in [5.41, 5.74) is 8.03. The molecule has 1 aliphatic carbocycles. The first-order valence-electron chi connectivity index (χ1n) is 14.0. The molecule has 0 saturated carbocycles. The summed E-state index contributed by atoms with van der Waals surface area (Å²) in [6, 6.07) is 31.1. The van der Waals surface area contributed by atoms with Gasteiger partial charge in [0.1, 0.15) is 0 Å². The largest absolute Gasteiger partial charge is 0.120 e. The second kappa shape index (κ2) is 10.7. The second-order valence-electron chi connectivity index (χ2n) is 10.3. The Balaban J connectivity index is 1.21. The van der Waals surface area contributed by atoms with Gasteiger partial charge in [-0.25, -0.2) is 0 Å². The fraction of sp³-hybridized carbons (Fsp3) is 0.0769. The second-order valence-corrected chi connectivity index (χ2v) is 11.3. The van der Waals surface area contributed by atoms with E-state index in [-0.39, 0.29) is 0 Å². The van der Waals surface area contributed by atoms with Crippen molar-refractivity contribution in [2.24, 2.45) is 0 Å². The van der Waals surface area contributed by atoms with Crippen LogP contribution in [0.15, 0.2) is 144 Å². The van der Waals surface area contributed by atoms with Gasteiger partial charge in [0.15, 0.2) is 0 Å². The van der Waals surface area contributed by atoms with Gasteiger partial charge >= 0.3 is 0 Å². The molecule has 40 heavy (non-hydrogen) atoms. The summed E-state index contributed by atoms with van der Waals surface area (Å²) in [6.07, 6.45) is 20.9. The molecular weight excluding hydrogens is 500 g/mol. The summed E-state index contributed by atoms with van der Waals surface area (Å²) in [5, 5.41) is 7.86. The lowest BCUT2D eigenvalue weighted by atomic mass is 9.92. The van der Waals surface area contributed by atoms with Crippen LogP contribution in [-0.4, -0.2) is 5.75 Å². The Kier molecular flexibility index (Phi) is 6.59. The molecule has 2 aliphatic rings. The van der Waals surface area contributed by atoms with E-state index in [0.717, 1.165) is 12.2 Å². The maximum absolute atomic E-state index is 2.36. The van der Waals surface area contributed by atoms with Gasteiger partial charge in [0.05, 0.1) is 0 Å². The molecule has 0 nitrogen and oxygen atoms in total. The smallest absolute Gasteiger partial charge is 0.0226 e. The zero-order valence-corrected chi connectivity index (χ0v) is 23.4. The SMILES string of the molecule is C\C=C(/C=C\C=C\c1cccc2c1SCC1=C2C=CC=CC1)c1ccc2c3ccccc3c3ccccc3c2c1. The van der Waals surface area contributed by atoms with Crippen LogP contribution in [0.1, 0.15) is 30.0 Å². The molecule has 7 rings (SSSR count). The van der Waals surface area contributed by atoms with Crippen molar-refractivity contribution in [3.63, 3.8) is 0 Å². The van der Waals surface area contributed by atoms with Crippen molar-refractivity contribution in [1.82, 2.24) is 0 Å². The molecule has 0 atom stereocenters. The molecule has 0 amide bonds. The number of rotatable bonds is 4. The van der Waals surface area contributed by atoms with Crippen LogP contribution in [0.5, 0.6) is 0 Å². The number of fused-ring (bicyclic) bond motifs is 8. The summed E-state index contributed by atoms with van der Waals surface area (Å²) < 4.78 is 0. The lowest BCUT2D eigenvalue weighted by Crippen LogP contribution is -2.02. The minimum atomic E-state index is 1.05. The average molecular weight is 531 g/mol. The van der Waals surface area contributed by atoms with Crippen molar-refractivity contribution in [2.45, 2.75) is 18.2 Å². The fourth-order valence-electron chi connectivity index (χ4n) is 6.07. The fourth-order valence-corrected chi connectivity index (χ4v) is 7.30.